The number of aliphatic hydroxyl groups excluding tert-OH is 1. The fourth-order valence-electron chi connectivity index (χ4n) is 1.87. The minimum atomic E-state index is -0.570. The number of benzene rings is 1. The zero-order chi connectivity index (χ0) is 14.4. The number of rotatable bonds is 6. The van der Waals surface area contributed by atoms with Crippen molar-refractivity contribution in [2.45, 2.75) is 32.9 Å². The molecule has 2 amide bonds. The van der Waals surface area contributed by atoms with Crippen molar-refractivity contribution in [2.24, 2.45) is 11.7 Å². The summed E-state index contributed by atoms with van der Waals surface area (Å²) in [6, 6.07) is 7.10. The highest BCUT2D eigenvalue weighted by atomic mass is 16.3. The summed E-state index contributed by atoms with van der Waals surface area (Å²) in [5.74, 6) is 0.364. The first-order valence-corrected chi connectivity index (χ1v) is 6.47. The van der Waals surface area contributed by atoms with Gasteiger partial charge in [0.15, 0.2) is 0 Å². The van der Waals surface area contributed by atoms with Crippen molar-refractivity contribution in [3.05, 3.63) is 29.8 Å². The van der Waals surface area contributed by atoms with E-state index in [1.54, 1.807) is 0 Å². The molecule has 2 unspecified atom stereocenters. The molecule has 5 heteroatoms. The van der Waals surface area contributed by atoms with E-state index in [1.165, 1.54) is 0 Å². The molecule has 1 rings (SSSR count). The molecule has 0 fully saturated rings. The first-order valence-electron chi connectivity index (χ1n) is 6.47. The van der Waals surface area contributed by atoms with Crippen LogP contribution in [0.4, 0.5) is 10.5 Å². The van der Waals surface area contributed by atoms with Crippen molar-refractivity contribution in [3.8, 4) is 0 Å². The molecule has 0 aromatic heterocycles. The average Bonchev–Trinajstić information content (AvgIpc) is 2.35. The molecule has 0 saturated heterocycles. The fourth-order valence-corrected chi connectivity index (χ4v) is 1.87. The normalized spacial score (nSPS) is 14.2. The Morgan fingerprint density at radius 1 is 1.26 bits per heavy atom. The number of primary amides is 1. The summed E-state index contributed by atoms with van der Waals surface area (Å²) in [5, 5.41) is 15.2. The van der Waals surface area contributed by atoms with E-state index < -0.39 is 6.03 Å². The van der Waals surface area contributed by atoms with Crippen LogP contribution < -0.4 is 16.4 Å². The number of carbonyl (C=O) groups excluding carboxylic acids is 1. The number of aliphatic hydroxyl groups is 1. The predicted molar refractivity (Wildman–Crippen MR) is 76.9 cm³/mol. The number of nitrogens with two attached hydrogens (primary N) is 1. The van der Waals surface area contributed by atoms with Crippen molar-refractivity contribution >= 4 is 11.7 Å². The van der Waals surface area contributed by atoms with Crippen LogP contribution >= 0.6 is 0 Å². The number of carbonyl (C=O) groups is 1. The van der Waals surface area contributed by atoms with E-state index in [2.05, 4.69) is 24.5 Å². The average molecular weight is 265 g/mol. The lowest BCUT2D eigenvalue weighted by Crippen LogP contribution is -2.38. The summed E-state index contributed by atoms with van der Waals surface area (Å²) in [4.78, 5) is 10.7. The Balaban J connectivity index is 2.66. The lowest BCUT2D eigenvalue weighted by molar-refractivity contribution is 0.201. The van der Waals surface area contributed by atoms with Crippen LogP contribution in [0.1, 0.15) is 32.4 Å². The lowest BCUT2D eigenvalue weighted by Gasteiger charge is -2.25. The van der Waals surface area contributed by atoms with E-state index >= 15 is 0 Å². The van der Waals surface area contributed by atoms with Crippen molar-refractivity contribution < 1.29 is 9.90 Å². The molecule has 0 bridgehead atoms. The highest BCUT2D eigenvalue weighted by molar-refractivity contribution is 5.87. The van der Waals surface area contributed by atoms with E-state index in [1.807, 2.05) is 31.2 Å². The number of nitrogens with one attached hydrogen (secondary N) is 2. The van der Waals surface area contributed by atoms with Gasteiger partial charge in [-0.3, -0.25) is 0 Å². The molecule has 5 nitrogen and oxygen atoms in total. The summed E-state index contributed by atoms with van der Waals surface area (Å²) in [7, 11) is 0. The van der Waals surface area contributed by atoms with Gasteiger partial charge in [-0.2, -0.15) is 0 Å². The van der Waals surface area contributed by atoms with Crippen LogP contribution in [-0.4, -0.2) is 23.8 Å². The number of hydrogen-bond acceptors (Lipinski definition) is 3. The first-order chi connectivity index (χ1) is 8.93. The summed E-state index contributed by atoms with van der Waals surface area (Å²) in [5.41, 5.74) is 6.81. The van der Waals surface area contributed by atoms with Crippen molar-refractivity contribution in [1.29, 1.82) is 0 Å². The van der Waals surface area contributed by atoms with Gasteiger partial charge in [0.25, 0.3) is 0 Å². The van der Waals surface area contributed by atoms with Gasteiger partial charge in [-0.1, -0.05) is 26.0 Å². The Bertz CT molecular complexity index is 404. The Morgan fingerprint density at radius 3 is 2.26 bits per heavy atom. The van der Waals surface area contributed by atoms with Gasteiger partial charge in [-0.05, 0) is 30.5 Å². The van der Waals surface area contributed by atoms with Gasteiger partial charge in [0.05, 0.1) is 6.61 Å². The van der Waals surface area contributed by atoms with Gasteiger partial charge in [0.1, 0.15) is 0 Å². The molecular weight excluding hydrogens is 242 g/mol. The minimum Gasteiger partial charge on any atom is -0.395 e. The summed E-state index contributed by atoms with van der Waals surface area (Å²) in [6.45, 7) is 6.30. The second-order valence-electron chi connectivity index (χ2n) is 5.03. The molecule has 0 aliphatic rings. The maximum absolute atomic E-state index is 10.7. The van der Waals surface area contributed by atoms with E-state index in [0.717, 1.165) is 5.56 Å². The molecule has 0 aliphatic heterocycles. The molecule has 106 valence electrons. The number of amides is 2. The third kappa shape index (κ3) is 4.89. The second-order valence-corrected chi connectivity index (χ2v) is 5.03. The molecule has 0 spiro atoms. The quantitative estimate of drug-likeness (QED) is 0.633. The molecule has 0 saturated carbocycles. The van der Waals surface area contributed by atoms with Crippen LogP contribution in [0.5, 0.6) is 0 Å². The van der Waals surface area contributed by atoms with Gasteiger partial charge >= 0.3 is 6.03 Å². The number of hydrogen-bond donors (Lipinski definition) is 4. The van der Waals surface area contributed by atoms with Crippen LogP contribution in [0.2, 0.25) is 0 Å². The highest BCUT2D eigenvalue weighted by Gasteiger charge is 2.15. The molecule has 0 aliphatic carbocycles. The molecule has 19 heavy (non-hydrogen) atoms. The standard InChI is InChI=1S/C14H23N3O2/c1-9(2)13(8-18)16-10(3)11-4-6-12(7-5-11)17-14(15)19/h4-7,9-10,13,16,18H,8H2,1-3H3,(H3,15,17,19). The number of urea groups is 1. The predicted octanol–water partition coefficient (Wildman–Crippen LogP) is 1.84. The molecular formula is C14H23N3O2. The SMILES string of the molecule is CC(NC(CO)C(C)C)c1ccc(NC(N)=O)cc1. The Labute approximate surface area is 114 Å². The Hall–Kier alpha value is -1.59. The molecule has 0 heterocycles. The smallest absolute Gasteiger partial charge is 0.316 e. The minimum absolute atomic E-state index is 0.0680. The van der Waals surface area contributed by atoms with Crippen LogP contribution in [0.3, 0.4) is 0 Å². The fraction of sp³-hybridized carbons (Fsp3) is 0.500. The van der Waals surface area contributed by atoms with Gasteiger partial charge in [0.2, 0.25) is 0 Å². The summed E-state index contributed by atoms with van der Waals surface area (Å²) < 4.78 is 0. The maximum atomic E-state index is 10.7. The zero-order valence-electron chi connectivity index (χ0n) is 11.7. The first kappa shape index (κ1) is 15.5. The van der Waals surface area contributed by atoms with E-state index in [-0.39, 0.29) is 18.7 Å². The third-order valence-corrected chi connectivity index (χ3v) is 3.14. The van der Waals surface area contributed by atoms with Crippen LogP contribution in [0.15, 0.2) is 24.3 Å². The van der Waals surface area contributed by atoms with Gasteiger partial charge in [-0.25, -0.2) is 4.79 Å². The van der Waals surface area contributed by atoms with Crippen molar-refractivity contribution in [2.75, 3.05) is 11.9 Å². The molecule has 5 N–H and O–H groups in total. The number of anilines is 1. The molecule has 0 radical (unpaired) electrons. The van der Waals surface area contributed by atoms with Crippen molar-refractivity contribution in [3.63, 3.8) is 0 Å². The third-order valence-electron chi connectivity index (χ3n) is 3.14. The summed E-state index contributed by atoms with van der Waals surface area (Å²) in [6.07, 6.45) is 0. The van der Waals surface area contributed by atoms with E-state index in [0.29, 0.717) is 11.6 Å². The zero-order valence-corrected chi connectivity index (χ0v) is 11.7. The summed E-state index contributed by atoms with van der Waals surface area (Å²) >= 11 is 0. The van der Waals surface area contributed by atoms with Crippen LogP contribution in [0, 0.1) is 5.92 Å². The molecule has 1 aromatic rings. The lowest BCUT2D eigenvalue weighted by atomic mass is 10.0. The second kappa shape index (κ2) is 7.11. The van der Waals surface area contributed by atoms with Gasteiger partial charge < -0.3 is 21.5 Å². The largest absolute Gasteiger partial charge is 0.395 e. The molecule has 2 atom stereocenters. The maximum Gasteiger partial charge on any atom is 0.316 e. The Morgan fingerprint density at radius 2 is 1.84 bits per heavy atom. The molecule has 1 aromatic carbocycles. The topological polar surface area (TPSA) is 87.4 Å². The van der Waals surface area contributed by atoms with Crippen LogP contribution in [-0.2, 0) is 0 Å². The van der Waals surface area contributed by atoms with Gasteiger partial charge in [0, 0.05) is 17.8 Å². The Kier molecular flexibility index (Phi) is 5.79. The van der Waals surface area contributed by atoms with Gasteiger partial charge in [-0.15, -0.1) is 0 Å². The van der Waals surface area contributed by atoms with Crippen molar-refractivity contribution in [1.82, 2.24) is 5.32 Å². The van der Waals surface area contributed by atoms with E-state index in [9.17, 15) is 9.90 Å². The monoisotopic (exact) mass is 265 g/mol. The van der Waals surface area contributed by atoms with Crippen LogP contribution in [0.25, 0.3) is 0 Å². The highest BCUT2D eigenvalue weighted by Crippen LogP contribution is 2.17. The van der Waals surface area contributed by atoms with E-state index in [4.69, 9.17) is 5.73 Å².